The van der Waals surface area contributed by atoms with E-state index >= 15 is 0 Å². The predicted molar refractivity (Wildman–Crippen MR) is 92.0 cm³/mol. The number of hydrogen-bond acceptors (Lipinski definition) is 8. The molecule has 2 rings (SSSR count). The summed E-state index contributed by atoms with van der Waals surface area (Å²) in [5, 5.41) is 10.5. The Bertz CT molecular complexity index is 771. The minimum absolute atomic E-state index is 0.178. The van der Waals surface area contributed by atoms with E-state index < -0.39 is 17.8 Å². The van der Waals surface area contributed by atoms with E-state index in [1.165, 1.54) is 13.3 Å². The molecular weight excluding hydrogens is 348 g/mol. The van der Waals surface area contributed by atoms with Gasteiger partial charge < -0.3 is 15.2 Å². The summed E-state index contributed by atoms with van der Waals surface area (Å²) in [4.78, 5) is 33.6. The van der Waals surface area contributed by atoms with Gasteiger partial charge in [0.15, 0.2) is 11.8 Å². The van der Waals surface area contributed by atoms with Crippen molar-refractivity contribution < 1.29 is 23.9 Å². The normalized spacial score (nSPS) is 17.1. The Hall–Kier alpha value is -3.14. The molecule has 0 atom stereocenters. The molecule has 0 saturated carbocycles. The molecule has 3 N–H and O–H groups in total. The Balaban J connectivity index is 1.95. The van der Waals surface area contributed by atoms with E-state index in [1.54, 1.807) is 24.3 Å². The lowest BCUT2D eigenvalue weighted by atomic mass is 10.2. The van der Waals surface area contributed by atoms with Crippen LogP contribution in [0.3, 0.4) is 0 Å². The second-order valence-electron chi connectivity index (χ2n) is 4.56. The minimum Gasteiger partial charge on any atom is -0.484 e. The molecule has 0 radical (unpaired) electrons. The van der Waals surface area contributed by atoms with E-state index in [0.717, 1.165) is 23.4 Å². The summed E-state index contributed by atoms with van der Waals surface area (Å²) in [5.41, 5.74) is 5.72. The zero-order chi connectivity index (χ0) is 18.2. The number of esters is 1. The fourth-order valence-electron chi connectivity index (χ4n) is 1.59. The number of carbonyl (C=O) groups is 3. The van der Waals surface area contributed by atoms with Crippen molar-refractivity contribution in [2.75, 3.05) is 13.7 Å². The summed E-state index contributed by atoms with van der Waals surface area (Å²) in [5.74, 6) is -1.13. The number of benzene rings is 1. The molecule has 0 unspecified atom stereocenters. The van der Waals surface area contributed by atoms with Crippen molar-refractivity contribution in [3.63, 3.8) is 0 Å². The molecule has 1 fully saturated rings. The first-order chi connectivity index (χ1) is 12.0. The molecule has 1 aliphatic heterocycles. The van der Waals surface area contributed by atoms with Gasteiger partial charge in [-0.2, -0.15) is 5.10 Å². The molecule has 1 heterocycles. The number of ether oxygens (including phenoxy) is 2. The third-order valence-corrected chi connectivity index (χ3v) is 3.62. The SMILES string of the molecule is COC(=O)/C=C1/S/C(=N\N=Cc2ccc(OCC(N)=O)cc2)NC1=O. The van der Waals surface area contributed by atoms with Gasteiger partial charge in [0.05, 0.1) is 18.2 Å². The second kappa shape index (κ2) is 8.64. The number of nitrogens with two attached hydrogens (primary N) is 1. The first-order valence-electron chi connectivity index (χ1n) is 6.89. The molecule has 1 aromatic carbocycles. The first-order valence-corrected chi connectivity index (χ1v) is 7.70. The largest absolute Gasteiger partial charge is 0.484 e. The smallest absolute Gasteiger partial charge is 0.331 e. The van der Waals surface area contributed by atoms with Crippen molar-refractivity contribution in [1.82, 2.24) is 5.32 Å². The predicted octanol–water partition coefficient (Wildman–Crippen LogP) is 0.160. The van der Waals surface area contributed by atoms with Crippen LogP contribution in [0.4, 0.5) is 0 Å². The summed E-state index contributed by atoms with van der Waals surface area (Å²) in [6.07, 6.45) is 2.55. The average molecular weight is 362 g/mol. The molecule has 2 amide bonds. The van der Waals surface area contributed by atoms with E-state index in [4.69, 9.17) is 10.5 Å². The maximum atomic E-state index is 11.6. The van der Waals surface area contributed by atoms with Crippen LogP contribution in [0.2, 0.25) is 0 Å². The number of primary amides is 1. The fourth-order valence-corrected chi connectivity index (χ4v) is 2.33. The van der Waals surface area contributed by atoms with Crippen molar-refractivity contribution in [3.05, 3.63) is 40.8 Å². The van der Waals surface area contributed by atoms with Crippen LogP contribution in [0, 0.1) is 0 Å². The molecular formula is C15H14N4O5S. The van der Waals surface area contributed by atoms with Crippen molar-refractivity contribution in [1.29, 1.82) is 0 Å². The molecule has 1 aromatic rings. The van der Waals surface area contributed by atoms with E-state index in [-0.39, 0.29) is 16.7 Å². The van der Waals surface area contributed by atoms with E-state index in [1.807, 2.05) is 0 Å². The van der Waals surface area contributed by atoms with Gasteiger partial charge in [-0.15, -0.1) is 5.10 Å². The van der Waals surface area contributed by atoms with Gasteiger partial charge in [-0.1, -0.05) is 0 Å². The standard InChI is InChI=1S/C15H14N4O5S/c1-23-13(21)6-11-14(22)18-15(25-11)19-17-7-9-2-4-10(5-3-9)24-8-12(16)20/h2-7H,8H2,1H3,(H2,16,20)(H,18,19,22)/b11-6+,17-7?. The lowest BCUT2D eigenvalue weighted by Gasteiger charge is -2.02. The molecule has 0 bridgehead atoms. The van der Waals surface area contributed by atoms with Crippen molar-refractivity contribution in [3.8, 4) is 5.75 Å². The summed E-state index contributed by atoms with van der Waals surface area (Å²) < 4.78 is 9.59. The number of amides is 2. The third kappa shape index (κ3) is 5.77. The number of amidine groups is 1. The average Bonchev–Trinajstić information content (AvgIpc) is 2.93. The molecule has 9 nitrogen and oxygen atoms in total. The summed E-state index contributed by atoms with van der Waals surface area (Å²) in [7, 11) is 1.22. The van der Waals surface area contributed by atoms with Crippen LogP contribution >= 0.6 is 11.8 Å². The molecule has 0 aliphatic carbocycles. The number of nitrogens with one attached hydrogen (secondary N) is 1. The highest BCUT2D eigenvalue weighted by Gasteiger charge is 2.24. The topological polar surface area (TPSA) is 132 Å². The number of hydrogen-bond donors (Lipinski definition) is 2. The highest BCUT2D eigenvalue weighted by Crippen LogP contribution is 2.23. The van der Waals surface area contributed by atoms with E-state index in [0.29, 0.717) is 5.75 Å². The summed E-state index contributed by atoms with van der Waals surface area (Å²) >= 11 is 0.981. The van der Waals surface area contributed by atoms with Crippen molar-refractivity contribution in [2.24, 2.45) is 15.9 Å². The Morgan fingerprint density at radius 3 is 2.68 bits per heavy atom. The molecule has 0 aromatic heterocycles. The van der Waals surface area contributed by atoms with Gasteiger partial charge in [-0.3, -0.25) is 14.9 Å². The Morgan fingerprint density at radius 1 is 1.32 bits per heavy atom. The number of rotatable bonds is 6. The van der Waals surface area contributed by atoms with Gasteiger partial charge in [0.2, 0.25) is 0 Å². The number of thioether (sulfide) groups is 1. The maximum absolute atomic E-state index is 11.6. The van der Waals surface area contributed by atoms with Crippen molar-refractivity contribution in [2.45, 2.75) is 0 Å². The lowest BCUT2D eigenvalue weighted by Crippen LogP contribution is -2.19. The Kier molecular flexibility index (Phi) is 6.29. The van der Waals surface area contributed by atoms with Crippen LogP contribution < -0.4 is 15.8 Å². The number of nitrogens with zero attached hydrogens (tertiary/aromatic N) is 2. The molecule has 1 saturated heterocycles. The van der Waals surface area contributed by atoms with Crippen LogP contribution in [0.25, 0.3) is 0 Å². The quantitative estimate of drug-likeness (QED) is 0.321. The van der Waals surface area contributed by atoms with E-state index in [9.17, 15) is 14.4 Å². The Morgan fingerprint density at radius 2 is 2.04 bits per heavy atom. The first kappa shape index (κ1) is 18.2. The molecule has 25 heavy (non-hydrogen) atoms. The highest BCUT2D eigenvalue weighted by atomic mass is 32.2. The zero-order valence-electron chi connectivity index (χ0n) is 13.1. The molecule has 1 aliphatic rings. The molecule has 130 valence electrons. The highest BCUT2D eigenvalue weighted by molar-refractivity contribution is 8.18. The van der Waals surface area contributed by atoms with Crippen molar-refractivity contribution >= 4 is 40.9 Å². The zero-order valence-corrected chi connectivity index (χ0v) is 13.9. The maximum Gasteiger partial charge on any atom is 0.331 e. The van der Waals surface area contributed by atoms with Crippen LogP contribution in [-0.4, -0.2) is 42.9 Å². The molecule has 10 heteroatoms. The van der Waals surface area contributed by atoms with Crippen LogP contribution in [0.15, 0.2) is 45.4 Å². The molecule has 0 spiro atoms. The third-order valence-electron chi connectivity index (χ3n) is 2.72. The monoisotopic (exact) mass is 362 g/mol. The number of carbonyl (C=O) groups excluding carboxylic acids is 3. The van der Waals surface area contributed by atoms with Gasteiger partial charge in [0.1, 0.15) is 5.75 Å². The summed E-state index contributed by atoms with van der Waals surface area (Å²) in [6.45, 7) is -0.195. The van der Waals surface area contributed by atoms with Gasteiger partial charge in [-0.25, -0.2) is 4.79 Å². The Labute approximate surface area is 147 Å². The van der Waals surface area contributed by atoms with Gasteiger partial charge in [0, 0.05) is 6.08 Å². The minimum atomic E-state index is -0.624. The van der Waals surface area contributed by atoms with Crippen LogP contribution in [0.5, 0.6) is 5.75 Å². The lowest BCUT2D eigenvalue weighted by molar-refractivity contribution is -0.135. The van der Waals surface area contributed by atoms with Gasteiger partial charge >= 0.3 is 5.97 Å². The second-order valence-corrected chi connectivity index (χ2v) is 5.59. The fraction of sp³-hybridized carbons (Fsp3) is 0.133. The van der Waals surface area contributed by atoms with Crippen LogP contribution in [-0.2, 0) is 19.1 Å². The van der Waals surface area contributed by atoms with E-state index in [2.05, 4.69) is 20.3 Å². The van der Waals surface area contributed by atoms with Gasteiger partial charge in [-0.05, 0) is 41.6 Å². The van der Waals surface area contributed by atoms with Crippen LogP contribution in [0.1, 0.15) is 5.56 Å². The number of methoxy groups -OCH3 is 1. The summed E-state index contributed by atoms with van der Waals surface area (Å²) in [6, 6.07) is 6.73. The van der Waals surface area contributed by atoms with Gasteiger partial charge in [0.25, 0.3) is 11.8 Å².